The molecular weight excluding hydrogens is 366 g/mol. The van der Waals surface area contributed by atoms with Gasteiger partial charge in [-0.15, -0.1) is 0 Å². The summed E-state index contributed by atoms with van der Waals surface area (Å²) in [6.07, 6.45) is 3.74. The number of aryl methyl sites for hydroxylation is 1. The lowest BCUT2D eigenvalue weighted by Gasteiger charge is -2.13. The maximum Gasteiger partial charge on any atom is 0.306 e. The summed E-state index contributed by atoms with van der Waals surface area (Å²) in [7, 11) is 3.96. The monoisotopic (exact) mass is 393 g/mol. The number of rotatable bonds is 9. The third kappa shape index (κ3) is 5.85. The molecular formula is C23H27N3O3. The van der Waals surface area contributed by atoms with Gasteiger partial charge in [0.15, 0.2) is 6.61 Å². The van der Waals surface area contributed by atoms with Crippen LogP contribution in [-0.4, -0.2) is 37.6 Å². The van der Waals surface area contributed by atoms with Gasteiger partial charge in [-0.2, -0.15) is 0 Å². The van der Waals surface area contributed by atoms with Crippen LogP contribution in [0.4, 0.5) is 5.69 Å². The molecule has 2 N–H and O–H groups in total. The second kappa shape index (κ2) is 9.78. The van der Waals surface area contributed by atoms with Crippen LogP contribution in [0.3, 0.4) is 0 Å². The Morgan fingerprint density at radius 1 is 1.07 bits per heavy atom. The molecule has 6 nitrogen and oxygen atoms in total. The zero-order valence-electron chi connectivity index (χ0n) is 16.9. The molecule has 0 spiro atoms. The highest BCUT2D eigenvalue weighted by Gasteiger charge is 2.09. The fourth-order valence-electron chi connectivity index (χ4n) is 3.14. The van der Waals surface area contributed by atoms with Gasteiger partial charge in [0.1, 0.15) is 0 Å². The molecule has 0 aliphatic rings. The van der Waals surface area contributed by atoms with Crippen molar-refractivity contribution >= 4 is 28.5 Å². The van der Waals surface area contributed by atoms with Crippen molar-refractivity contribution in [1.82, 2.24) is 10.3 Å². The number of nitrogens with one attached hydrogen (secondary N) is 2. The van der Waals surface area contributed by atoms with E-state index >= 15 is 0 Å². The predicted octanol–water partition coefficient (Wildman–Crippen LogP) is 3.42. The number of benzene rings is 2. The van der Waals surface area contributed by atoms with Crippen LogP contribution >= 0.6 is 0 Å². The molecule has 0 aliphatic heterocycles. The Morgan fingerprint density at radius 3 is 2.59 bits per heavy atom. The standard InChI is InChI=1S/C23H27N3O3/c1-26(2)19-12-10-17(11-13-19)14-25-22(27)16-29-23(28)9-5-6-18-15-24-21-8-4-3-7-20(18)21/h3-4,7-8,10-13,15,24H,5-6,9,14,16H2,1-2H3,(H,25,27). The average molecular weight is 393 g/mol. The smallest absolute Gasteiger partial charge is 0.306 e. The van der Waals surface area contributed by atoms with Gasteiger partial charge in [-0.3, -0.25) is 9.59 Å². The van der Waals surface area contributed by atoms with Crippen LogP contribution in [0.15, 0.2) is 54.7 Å². The Labute approximate surface area is 170 Å². The molecule has 0 saturated heterocycles. The summed E-state index contributed by atoms with van der Waals surface area (Å²) >= 11 is 0. The molecule has 2 aromatic carbocycles. The van der Waals surface area contributed by atoms with E-state index in [4.69, 9.17) is 4.74 Å². The fourth-order valence-corrected chi connectivity index (χ4v) is 3.14. The molecule has 1 heterocycles. The molecule has 0 unspecified atom stereocenters. The third-order valence-electron chi connectivity index (χ3n) is 4.81. The maximum absolute atomic E-state index is 11.9. The number of hydrogen-bond acceptors (Lipinski definition) is 4. The van der Waals surface area contributed by atoms with Crippen molar-refractivity contribution in [2.45, 2.75) is 25.8 Å². The lowest BCUT2D eigenvalue weighted by atomic mass is 10.1. The van der Waals surface area contributed by atoms with Crippen molar-refractivity contribution < 1.29 is 14.3 Å². The first kappa shape index (κ1) is 20.5. The van der Waals surface area contributed by atoms with Crippen LogP contribution in [0.2, 0.25) is 0 Å². The number of carbonyl (C=O) groups excluding carboxylic acids is 2. The highest BCUT2D eigenvalue weighted by Crippen LogP contribution is 2.19. The van der Waals surface area contributed by atoms with E-state index < -0.39 is 0 Å². The van der Waals surface area contributed by atoms with Crippen molar-refractivity contribution in [3.05, 3.63) is 65.9 Å². The maximum atomic E-state index is 11.9. The molecule has 0 saturated carbocycles. The van der Waals surface area contributed by atoms with Crippen LogP contribution in [0.5, 0.6) is 0 Å². The van der Waals surface area contributed by atoms with Gasteiger partial charge in [-0.25, -0.2) is 0 Å². The zero-order chi connectivity index (χ0) is 20.6. The van der Waals surface area contributed by atoms with E-state index in [9.17, 15) is 9.59 Å². The number of aromatic amines is 1. The van der Waals surface area contributed by atoms with E-state index in [-0.39, 0.29) is 18.5 Å². The second-order valence-corrected chi connectivity index (χ2v) is 7.21. The van der Waals surface area contributed by atoms with Gasteiger partial charge in [-0.1, -0.05) is 30.3 Å². The first-order valence-electron chi connectivity index (χ1n) is 9.76. The summed E-state index contributed by atoms with van der Waals surface area (Å²) in [6, 6.07) is 16.0. The number of esters is 1. The summed E-state index contributed by atoms with van der Waals surface area (Å²) in [5.74, 6) is -0.651. The minimum Gasteiger partial charge on any atom is -0.456 e. The number of carbonyl (C=O) groups is 2. The van der Waals surface area contributed by atoms with E-state index in [0.29, 0.717) is 19.4 Å². The lowest BCUT2D eigenvalue weighted by Crippen LogP contribution is -2.28. The SMILES string of the molecule is CN(C)c1ccc(CNC(=O)COC(=O)CCCc2c[nH]c3ccccc23)cc1. The molecule has 152 valence electrons. The molecule has 3 rings (SSSR count). The normalized spacial score (nSPS) is 10.7. The summed E-state index contributed by atoms with van der Waals surface area (Å²) in [4.78, 5) is 29.0. The quantitative estimate of drug-likeness (QED) is 0.547. The lowest BCUT2D eigenvalue weighted by molar-refractivity contribution is -0.148. The van der Waals surface area contributed by atoms with E-state index in [0.717, 1.165) is 23.2 Å². The molecule has 0 aliphatic carbocycles. The highest BCUT2D eigenvalue weighted by molar-refractivity contribution is 5.83. The Balaban J connectivity index is 1.34. The van der Waals surface area contributed by atoms with E-state index in [1.165, 1.54) is 10.9 Å². The number of aromatic nitrogens is 1. The minimum absolute atomic E-state index is 0.248. The van der Waals surface area contributed by atoms with E-state index in [1.807, 2.05) is 67.7 Å². The summed E-state index contributed by atoms with van der Waals surface area (Å²) in [6.45, 7) is 0.159. The fraction of sp³-hybridized carbons (Fsp3) is 0.304. The van der Waals surface area contributed by atoms with Crippen LogP contribution in [-0.2, 0) is 27.3 Å². The molecule has 0 fully saturated rings. The molecule has 3 aromatic rings. The highest BCUT2D eigenvalue weighted by atomic mass is 16.5. The van der Waals surface area contributed by atoms with Gasteiger partial charge in [0.2, 0.25) is 0 Å². The number of fused-ring (bicyclic) bond motifs is 1. The van der Waals surface area contributed by atoms with Gasteiger partial charge < -0.3 is 19.9 Å². The molecule has 1 aromatic heterocycles. The number of hydrogen-bond donors (Lipinski definition) is 2. The topological polar surface area (TPSA) is 74.4 Å². The van der Waals surface area contributed by atoms with Crippen LogP contribution < -0.4 is 10.2 Å². The van der Waals surface area contributed by atoms with Crippen LogP contribution in [0.1, 0.15) is 24.0 Å². The van der Waals surface area contributed by atoms with Gasteiger partial charge in [0.25, 0.3) is 5.91 Å². The number of ether oxygens (including phenoxy) is 1. The van der Waals surface area contributed by atoms with E-state index in [2.05, 4.69) is 16.4 Å². The van der Waals surface area contributed by atoms with Crippen molar-refractivity contribution in [2.75, 3.05) is 25.6 Å². The van der Waals surface area contributed by atoms with Crippen LogP contribution in [0.25, 0.3) is 10.9 Å². The minimum atomic E-state index is -0.352. The van der Waals surface area contributed by atoms with Crippen molar-refractivity contribution in [3.8, 4) is 0 Å². The molecule has 0 radical (unpaired) electrons. The number of amides is 1. The van der Waals surface area contributed by atoms with Crippen LogP contribution in [0, 0.1) is 0 Å². The predicted molar refractivity (Wildman–Crippen MR) is 115 cm³/mol. The number of H-pyrrole nitrogens is 1. The molecule has 29 heavy (non-hydrogen) atoms. The zero-order valence-corrected chi connectivity index (χ0v) is 16.9. The summed E-state index contributed by atoms with van der Waals surface area (Å²) in [5, 5.41) is 3.95. The Kier molecular flexibility index (Phi) is 6.89. The van der Waals surface area contributed by atoms with Crippen molar-refractivity contribution in [3.63, 3.8) is 0 Å². The van der Waals surface area contributed by atoms with Gasteiger partial charge in [0.05, 0.1) is 0 Å². The Morgan fingerprint density at radius 2 is 1.83 bits per heavy atom. The number of anilines is 1. The van der Waals surface area contributed by atoms with Gasteiger partial charge >= 0.3 is 5.97 Å². The largest absolute Gasteiger partial charge is 0.456 e. The first-order chi connectivity index (χ1) is 14.0. The molecule has 0 bridgehead atoms. The first-order valence-corrected chi connectivity index (χ1v) is 9.76. The van der Waals surface area contributed by atoms with Gasteiger partial charge in [0, 0.05) is 49.8 Å². The number of para-hydroxylation sites is 1. The van der Waals surface area contributed by atoms with Crippen molar-refractivity contribution in [2.24, 2.45) is 0 Å². The van der Waals surface area contributed by atoms with E-state index in [1.54, 1.807) is 0 Å². The summed E-state index contributed by atoms with van der Waals surface area (Å²) < 4.78 is 5.08. The Hall–Kier alpha value is -3.28. The van der Waals surface area contributed by atoms with Crippen molar-refractivity contribution in [1.29, 1.82) is 0 Å². The van der Waals surface area contributed by atoms with Gasteiger partial charge in [-0.05, 0) is 42.2 Å². The molecule has 0 atom stereocenters. The second-order valence-electron chi connectivity index (χ2n) is 7.21. The molecule has 6 heteroatoms. The number of nitrogens with zero attached hydrogens (tertiary/aromatic N) is 1. The third-order valence-corrected chi connectivity index (χ3v) is 4.81. The average Bonchev–Trinajstić information content (AvgIpc) is 3.14. The Bertz CT molecular complexity index is 961. The molecule has 1 amide bonds. The summed E-state index contributed by atoms with van der Waals surface area (Å²) in [5.41, 5.74) is 4.38.